The Morgan fingerprint density at radius 2 is 1.52 bits per heavy atom. The summed E-state index contributed by atoms with van der Waals surface area (Å²) in [7, 11) is 0. The summed E-state index contributed by atoms with van der Waals surface area (Å²) in [6.45, 7) is 10.3. The second-order valence-electron chi connectivity index (χ2n) is 5.88. The van der Waals surface area contributed by atoms with E-state index in [9.17, 15) is 0 Å². The second-order valence-corrected chi connectivity index (χ2v) is 7.91. The standard InChI is InChI=1S/C17H22N6S2/c1-6-10(4)20-22-16-19-14-12(24-16)8-9(3)13-15(14)25-17(18-13)23-21-11(5)7-2/h8H,6-7H2,1-5H3,(H,18,23)(H,19,22)/b20-10-,21-11-. The Balaban J connectivity index is 2.01. The molecule has 0 spiro atoms. The van der Waals surface area contributed by atoms with Gasteiger partial charge < -0.3 is 0 Å². The largest absolute Gasteiger partial charge is 0.253 e. The van der Waals surface area contributed by atoms with E-state index in [0.29, 0.717) is 0 Å². The number of hydrogen-bond acceptors (Lipinski definition) is 8. The zero-order chi connectivity index (χ0) is 18.0. The molecule has 0 fully saturated rings. The molecule has 0 saturated heterocycles. The Morgan fingerprint density at radius 1 is 0.960 bits per heavy atom. The quantitative estimate of drug-likeness (QED) is 0.434. The molecule has 2 N–H and O–H groups in total. The molecule has 6 nitrogen and oxygen atoms in total. The van der Waals surface area contributed by atoms with Crippen molar-refractivity contribution in [2.24, 2.45) is 10.2 Å². The van der Waals surface area contributed by atoms with Gasteiger partial charge in [-0.05, 0) is 45.2 Å². The van der Waals surface area contributed by atoms with Crippen molar-refractivity contribution >= 4 is 64.8 Å². The van der Waals surface area contributed by atoms with Gasteiger partial charge in [-0.3, -0.25) is 10.9 Å². The van der Waals surface area contributed by atoms with Gasteiger partial charge in [0.2, 0.25) is 10.3 Å². The topological polar surface area (TPSA) is 74.6 Å². The third-order valence-electron chi connectivity index (χ3n) is 3.92. The van der Waals surface area contributed by atoms with Crippen LogP contribution in [0.5, 0.6) is 0 Å². The van der Waals surface area contributed by atoms with Gasteiger partial charge in [0.15, 0.2) is 0 Å². The average Bonchev–Trinajstić information content (AvgIpc) is 3.21. The van der Waals surface area contributed by atoms with Crippen LogP contribution >= 0.6 is 22.7 Å². The third-order valence-corrected chi connectivity index (χ3v) is 5.80. The molecule has 0 atom stereocenters. The van der Waals surface area contributed by atoms with Crippen LogP contribution in [0.3, 0.4) is 0 Å². The predicted octanol–water partition coefficient (Wildman–Crippen LogP) is 5.61. The van der Waals surface area contributed by atoms with Gasteiger partial charge in [-0.1, -0.05) is 36.5 Å². The molecule has 0 unspecified atom stereocenters. The predicted molar refractivity (Wildman–Crippen MR) is 112 cm³/mol. The highest BCUT2D eigenvalue weighted by molar-refractivity contribution is 7.25. The van der Waals surface area contributed by atoms with Crippen molar-refractivity contribution in [1.29, 1.82) is 0 Å². The van der Waals surface area contributed by atoms with Crippen molar-refractivity contribution in [3.05, 3.63) is 11.6 Å². The maximum Gasteiger partial charge on any atom is 0.204 e. The van der Waals surface area contributed by atoms with Crippen molar-refractivity contribution in [1.82, 2.24) is 9.97 Å². The molecule has 0 amide bonds. The molecule has 0 aliphatic rings. The Labute approximate surface area is 155 Å². The fourth-order valence-corrected chi connectivity index (χ4v) is 4.10. The van der Waals surface area contributed by atoms with Gasteiger partial charge in [-0.15, -0.1) is 0 Å². The van der Waals surface area contributed by atoms with E-state index >= 15 is 0 Å². The van der Waals surface area contributed by atoms with Crippen molar-refractivity contribution in [3.8, 4) is 0 Å². The van der Waals surface area contributed by atoms with Gasteiger partial charge in [0.25, 0.3) is 0 Å². The number of thiazole rings is 2. The van der Waals surface area contributed by atoms with Gasteiger partial charge in [-0.2, -0.15) is 10.2 Å². The molecule has 2 aromatic heterocycles. The SMILES string of the molecule is CC/C(C)=N\Nc1nc2c(cc(C)c3nc(N/N=C(/C)CC)sc32)s1. The maximum absolute atomic E-state index is 4.72. The highest BCUT2D eigenvalue weighted by atomic mass is 32.1. The van der Waals surface area contributed by atoms with E-state index in [4.69, 9.17) is 4.98 Å². The van der Waals surface area contributed by atoms with Crippen LogP contribution in [0, 0.1) is 6.92 Å². The monoisotopic (exact) mass is 374 g/mol. The van der Waals surface area contributed by atoms with E-state index < -0.39 is 0 Å². The third kappa shape index (κ3) is 3.80. The molecule has 3 rings (SSSR count). The minimum absolute atomic E-state index is 0.792. The molecule has 0 radical (unpaired) electrons. The normalized spacial score (nSPS) is 13.0. The number of nitrogens with zero attached hydrogens (tertiary/aromatic N) is 4. The van der Waals surface area contributed by atoms with Crippen molar-refractivity contribution in [2.45, 2.75) is 47.5 Å². The van der Waals surface area contributed by atoms with Crippen LogP contribution < -0.4 is 10.9 Å². The van der Waals surface area contributed by atoms with E-state index in [1.54, 1.807) is 22.7 Å². The summed E-state index contributed by atoms with van der Waals surface area (Å²) in [5, 5.41) is 10.3. The molecular weight excluding hydrogens is 352 g/mol. The molecular formula is C17H22N6S2. The average molecular weight is 375 g/mol. The van der Waals surface area contributed by atoms with Gasteiger partial charge in [0, 0.05) is 11.4 Å². The fourth-order valence-electron chi connectivity index (χ4n) is 2.15. The summed E-state index contributed by atoms with van der Waals surface area (Å²) >= 11 is 3.20. The first-order valence-electron chi connectivity index (χ1n) is 8.30. The summed E-state index contributed by atoms with van der Waals surface area (Å²) in [5.74, 6) is 0. The number of hydrazone groups is 2. The van der Waals surface area contributed by atoms with Crippen molar-refractivity contribution in [3.63, 3.8) is 0 Å². The number of fused-ring (bicyclic) bond motifs is 3. The molecule has 3 aromatic rings. The molecule has 0 aliphatic heterocycles. The Hall–Kier alpha value is -2.06. The number of nitrogens with one attached hydrogen (secondary N) is 2. The molecule has 0 bridgehead atoms. The van der Waals surface area contributed by atoms with Crippen LogP contribution in [-0.2, 0) is 0 Å². The fraction of sp³-hybridized carbons (Fsp3) is 0.412. The van der Waals surface area contributed by atoms with Crippen LogP contribution in [0.15, 0.2) is 16.3 Å². The lowest BCUT2D eigenvalue weighted by Gasteiger charge is -1.95. The zero-order valence-corrected chi connectivity index (χ0v) is 16.7. The van der Waals surface area contributed by atoms with Crippen molar-refractivity contribution < 1.29 is 0 Å². The minimum Gasteiger partial charge on any atom is -0.253 e. The molecule has 25 heavy (non-hydrogen) atoms. The number of rotatable bonds is 6. The highest BCUT2D eigenvalue weighted by Gasteiger charge is 2.14. The van der Waals surface area contributed by atoms with Crippen molar-refractivity contribution in [2.75, 3.05) is 10.9 Å². The Bertz CT molecular complexity index is 966. The number of aryl methyl sites for hydroxylation is 1. The minimum atomic E-state index is 0.792. The Morgan fingerprint density at radius 3 is 2.12 bits per heavy atom. The Kier molecular flexibility index (Phi) is 5.29. The summed E-state index contributed by atoms with van der Waals surface area (Å²) < 4.78 is 2.22. The molecule has 0 saturated carbocycles. The van der Waals surface area contributed by atoms with E-state index in [-0.39, 0.29) is 0 Å². The zero-order valence-electron chi connectivity index (χ0n) is 15.1. The second kappa shape index (κ2) is 7.45. The summed E-state index contributed by atoms with van der Waals surface area (Å²) in [5.41, 5.74) is 11.3. The van der Waals surface area contributed by atoms with Gasteiger partial charge in [-0.25, -0.2) is 9.97 Å². The molecule has 8 heteroatoms. The smallest absolute Gasteiger partial charge is 0.204 e. The molecule has 0 aliphatic carbocycles. The lowest BCUT2D eigenvalue weighted by atomic mass is 10.2. The number of anilines is 2. The number of hydrogen-bond donors (Lipinski definition) is 2. The molecule has 2 heterocycles. The van der Waals surface area contributed by atoms with Crippen LogP contribution in [0.25, 0.3) is 20.4 Å². The first-order chi connectivity index (χ1) is 12.0. The van der Waals surface area contributed by atoms with E-state index in [2.05, 4.69) is 52.9 Å². The van der Waals surface area contributed by atoms with Gasteiger partial charge >= 0.3 is 0 Å². The maximum atomic E-state index is 4.72. The summed E-state index contributed by atoms with van der Waals surface area (Å²) in [6, 6.07) is 2.14. The van der Waals surface area contributed by atoms with Crippen LogP contribution in [0.1, 0.15) is 46.1 Å². The highest BCUT2D eigenvalue weighted by Crippen LogP contribution is 2.38. The number of benzene rings is 1. The molecule has 1 aromatic carbocycles. The summed E-state index contributed by atoms with van der Waals surface area (Å²) in [6.07, 6.45) is 1.84. The van der Waals surface area contributed by atoms with Gasteiger partial charge in [0.1, 0.15) is 5.52 Å². The first kappa shape index (κ1) is 17.8. The lowest BCUT2D eigenvalue weighted by Crippen LogP contribution is -1.94. The first-order valence-corrected chi connectivity index (χ1v) is 9.94. The van der Waals surface area contributed by atoms with E-state index in [0.717, 1.165) is 60.5 Å². The number of aromatic nitrogens is 2. The van der Waals surface area contributed by atoms with Gasteiger partial charge in [0.05, 0.1) is 14.9 Å². The van der Waals surface area contributed by atoms with Crippen LogP contribution in [0.4, 0.5) is 10.3 Å². The van der Waals surface area contributed by atoms with E-state index in [1.807, 2.05) is 13.8 Å². The van der Waals surface area contributed by atoms with E-state index in [1.165, 1.54) is 0 Å². The lowest BCUT2D eigenvalue weighted by molar-refractivity contribution is 1.20. The molecule has 132 valence electrons. The summed E-state index contributed by atoms with van der Waals surface area (Å²) in [4.78, 5) is 9.40. The van der Waals surface area contributed by atoms with Crippen LogP contribution in [0.2, 0.25) is 0 Å². The van der Waals surface area contributed by atoms with Crippen LogP contribution in [-0.4, -0.2) is 21.4 Å².